The van der Waals surface area contributed by atoms with Gasteiger partial charge in [-0.25, -0.2) is 18.4 Å². The number of hydrogen-bond acceptors (Lipinski definition) is 7. The van der Waals surface area contributed by atoms with Crippen LogP contribution in [-0.4, -0.2) is 39.6 Å². The predicted octanol–water partition coefficient (Wildman–Crippen LogP) is 2.97. The average molecular weight is 485 g/mol. The van der Waals surface area contributed by atoms with Crippen LogP contribution in [0.15, 0.2) is 47.8 Å². The van der Waals surface area contributed by atoms with Crippen LogP contribution >= 0.6 is 11.6 Å². The predicted molar refractivity (Wildman–Crippen MR) is 104 cm³/mol. The quantitative estimate of drug-likeness (QED) is 0.589. The highest BCUT2D eigenvalue weighted by Gasteiger charge is 2.47. The van der Waals surface area contributed by atoms with Crippen LogP contribution in [0.5, 0.6) is 0 Å². The third-order valence-electron chi connectivity index (χ3n) is 4.15. The molecule has 0 bridgehead atoms. The summed E-state index contributed by atoms with van der Waals surface area (Å²) in [5, 5.41) is 15.2. The number of alkyl halides is 3. The number of hydrogen-bond donors (Lipinski definition) is 1. The molecule has 2 heterocycles. The Kier molecular flexibility index (Phi) is 6.20. The standard InChI is InChI=1S/C18H12ClF3N6O3S/c1-10(16-25-9-26-28(16)15-4-11(8-23)2-3-24-15)27-17(29)12-5-13(19)7-14(6-12)32(30,31)18(20,21)22/h2-7,9-10H,1H3,(H,27,29)/t10-/m1/s1. The highest BCUT2D eigenvalue weighted by molar-refractivity contribution is 7.92. The molecule has 0 aliphatic heterocycles. The minimum atomic E-state index is -5.70. The maximum atomic E-state index is 12.9. The largest absolute Gasteiger partial charge is 0.501 e. The highest BCUT2D eigenvalue weighted by Crippen LogP contribution is 2.32. The first-order valence-corrected chi connectivity index (χ1v) is 10.5. The number of carbonyl (C=O) groups excluding carboxylic acids is 1. The van der Waals surface area contributed by atoms with Gasteiger partial charge >= 0.3 is 5.51 Å². The molecule has 0 radical (unpaired) electrons. The number of nitrogens with one attached hydrogen (secondary N) is 1. The van der Waals surface area contributed by atoms with Gasteiger partial charge in [0.1, 0.15) is 6.33 Å². The Hall–Kier alpha value is -3.50. The van der Waals surface area contributed by atoms with Gasteiger partial charge in [0.25, 0.3) is 15.7 Å². The van der Waals surface area contributed by atoms with Gasteiger partial charge in [-0.1, -0.05) is 11.6 Å². The van der Waals surface area contributed by atoms with E-state index in [9.17, 15) is 26.4 Å². The fraction of sp³-hybridized carbons (Fsp3) is 0.167. The van der Waals surface area contributed by atoms with Gasteiger partial charge in [-0.3, -0.25) is 4.79 Å². The molecule has 1 amide bonds. The summed E-state index contributed by atoms with van der Waals surface area (Å²) < 4.78 is 63.2. The zero-order valence-corrected chi connectivity index (χ0v) is 17.6. The fourth-order valence-corrected chi connectivity index (χ4v) is 3.78. The first kappa shape index (κ1) is 23.2. The molecular weight excluding hydrogens is 473 g/mol. The van der Waals surface area contributed by atoms with E-state index >= 15 is 0 Å². The number of rotatable bonds is 5. The molecule has 0 spiro atoms. The van der Waals surface area contributed by atoms with Gasteiger partial charge in [-0.2, -0.15) is 28.2 Å². The molecule has 1 aromatic carbocycles. The van der Waals surface area contributed by atoms with E-state index in [-0.39, 0.29) is 16.7 Å². The Labute approximate surface area is 184 Å². The minimum Gasteiger partial charge on any atom is -0.342 e. The third-order valence-corrected chi connectivity index (χ3v) is 5.83. The van der Waals surface area contributed by atoms with E-state index in [0.29, 0.717) is 17.7 Å². The van der Waals surface area contributed by atoms with E-state index in [0.717, 1.165) is 6.07 Å². The van der Waals surface area contributed by atoms with E-state index in [1.165, 1.54) is 36.3 Å². The first-order chi connectivity index (χ1) is 14.9. The summed E-state index contributed by atoms with van der Waals surface area (Å²) >= 11 is 5.75. The van der Waals surface area contributed by atoms with Crippen LogP contribution in [0, 0.1) is 11.3 Å². The van der Waals surface area contributed by atoms with Gasteiger partial charge in [0.2, 0.25) is 0 Å². The molecule has 0 unspecified atom stereocenters. The molecule has 3 rings (SSSR count). The minimum absolute atomic E-state index is 0.200. The van der Waals surface area contributed by atoms with Crippen molar-refractivity contribution in [1.29, 1.82) is 5.26 Å². The molecular formula is C18H12ClF3N6O3S. The van der Waals surface area contributed by atoms with Crippen molar-refractivity contribution in [3.05, 3.63) is 64.8 Å². The van der Waals surface area contributed by atoms with E-state index in [4.69, 9.17) is 16.9 Å². The molecule has 0 saturated carbocycles. The summed E-state index contributed by atoms with van der Waals surface area (Å²) in [6.07, 6.45) is 2.57. The van der Waals surface area contributed by atoms with E-state index in [1.54, 1.807) is 0 Å². The SMILES string of the molecule is C[C@@H](NC(=O)c1cc(Cl)cc(S(=O)(=O)C(F)(F)F)c1)c1ncnn1-c1cc(C#N)ccn1. The zero-order valence-electron chi connectivity index (χ0n) is 16.0. The van der Waals surface area contributed by atoms with E-state index in [2.05, 4.69) is 20.4 Å². The summed E-state index contributed by atoms with van der Waals surface area (Å²) in [5.41, 5.74) is -5.64. The highest BCUT2D eigenvalue weighted by atomic mass is 35.5. The van der Waals surface area contributed by atoms with Gasteiger partial charge in [0, 0.05) is 22.8 Å². The molecule has 0 aliphatic rings. The molecule has 32 heavy (non-hydrogen) atoms. The molecule has 3 aromatic rings. The van der Waals surface area contributed by atoms with Crippen LogP contribution in [0.3, 0.4) is 0 Å². The monoisotopic (exact) mass is 484 g/mol. The summed E-state index contributed by atoms with van der Waals surface area (Å²) in [6.45, 7) is 1.52. The van der Waals surface area contributed by atoms with Gasteiger partial charge in [-0.15, -0.1) is 0 Å². The molecule has 2 aromatic heterocycles. The lowest BCUT2D eigenvalue weighted by Gasteiger charge is -2.15. The van der Waals surface area contributed by atoms with Crippen molar-refractivity contribution in [1.82, 2.24) is 25.1 Å². The molecule has 14 heteroatoms. The number of carbonyl (C=O) groups is 1. The van der Waals surface area contributed by atoms with E-state index < -0.39 is 37.8 Å². The number of sulfone groups is 1. The number of nitrogens with zero attached hydrogens (tertiary/aromatic N) is 5. The maximum Gasteiger partial charge on any atom is 0.501 e. The van der Waals surface area contributed by atoms with Crippen LogP contribution in [0.2, 0.25) is 5.02 Å². The molecule has 1 N–H and O–H groups in total. The van der Waals surface area contributed by atoms with Crippen molar-refractivity contribution >= 4 is 27.3 Å². The van der Waals surface area contributed by atoms with Gasteiger partial charge in [0.15, 0.2) is 11.6 Å². The maximum absolute atomic E-state index is 12.9. The van der Waals surface area contributed by atoms with Crippen LogP contribution in [-0.2, 0) is 9.84 Å². The second-order valence-electron chi connectivity index (χ2n) is 6.36. The number of halogens is 4. The van der Waals surface area contributed by atoms with Gasteiger partial charge < -0.3 is 5.32 Å². The molecule has 9 nitrogen and oxygen atoms in total. The lowest BCUT2D eigenvalue weighted by molar-refractivity contribution is -0.0436. The van der Waals surface area contributed by atoms with Gasteiger partial charge in [0.05, 0.1) is 22.6 Å². The lowest BCUT2D eigenvalue weighted by Crippen LogP contribution is -2.29. The van der Waals surface area contributed by atoms with Crippen molar-refractivity contribution in [3.63, 3.8) is 0 Å². The van der Waals surface area contributed by atoms with E-state index in [1.807, 2.05) is 6.07 Å². The number of aromatic nitrogens is 4. The van der Waals surface area contributed by atoms with Crippen LogP contribution < -0.4 is 5.32 Å². The van der Waals surface area contributed by atoms with Crippen molar-refractivity contribution in [3.8, 4) is 11.9 Å². The molecule has 0 saturated heterocycles. The molecule has 0 fully saturated rings. The Balaban J connectivity index is 1.90. The zero-order chi connectivity index (χ0) is 23.7. The molecule has 166 valence electrons. The van der Waals surface area contributed by atoms with Crippen molar-refractivity contribution < 1.29 is 26.4 Å². The lowest BCUT2D eigenvalue weighted by atomic mass is 10.2. The Morgan fingerprint density at radius 3 is 2.62 bits per heavy atom. The summed E-state index contributed by atoms with van der Waals surface area (Å²) in [4.78, 5) is 19.6. The third kappa shape index (κ3) is 4.56. The smallest absolute Gasteiger partial charge is 0.342 e. The Morgan fingerprint density at radius 2 is 1.97 bits per heavy atom. The van der Waals surface area contributed by atoms with Crippen LogP contribution in [0.1, 0.15) is 34.7 Å². The number of pyridine rings is 1. The second kappa shape index (κ2) is 8.56. The Bertz CT molecular complexity index is 1330. The van der Waals surface area contributed by atoms with Crippen molar-refractivity contribution in [2.24, 2.45) is 0 Å². The first-order valence-electron chi connectivity index (χ1n) is 8.63. The number of nitriles is 1. The topological polar surface area (TPSA) is 131 Å². The average Bonchev–Trinajstić information content (AvgIpc) is 3.22. The number of benzene rings is 1. The van der Waals surface area contributed by atoms with Gasteiger partial charge in [-0.05, 0) is 31.2 Å². The fourth-order valence-electron chi connectivity index (χ4n) is 2.65. The summed E-state index contributed by atoms with van der Waals surface area (Å²) in [6, 6.07) is 6.26. The van der Waals surface area contributed by atoms with Crippen LogP contribution in [0.4, 0.5) is 13.2 Å². The Morgan fingerprint density at radius 1 is 1.25 bits per heavy atom. The summed E-state index contributed by atoms with van der Waals surface area (Å²) in [7, 11) is -5.70. The molecule has 1 atom stereocenters. The normalized spacial score (nSPS) is 12.8. The second-order valence-corrected chi connectivity index (χ2v) is 8.74. The van der Waals surface area contributed by atoms with Crippen molar-refractivity contribution in [2.75, 3.05) is 0 Å². The van der Waals surface area contributed by atoms with Crippen LogP contribution in [0.25, 0.3) is 5.82 Å². The number of amides is 1. The van der Waals surface area contributed by atoms with Crippen molar-refractivity contribution in [2.45, 2.75) is 23.4 Å². The summed E-state index contributed by atoms with van der Waals surface area (Å²) in [5.74, 6) is -0.447. The molecule has 0 aliphatic carbocycles.